The number of fused-ring (bicyclic) bond motifs is 4. The van der Waals surface area contributed by atoms with Gasteiger partial charge in [-0.2, -0.15) is 0 Å². The molecule has 0 radical (unpaired) electrons. The Balaban J connectivity index is 1.43. The van der Waals surface area contributed by atoms with E-state index in [2.05, 4.69) is 41.0 Å². The van der Waals surface area contributed by atoms with Gasteiger partial charge in [0, 0.05) is 28.8 Å². The van der Waals surface area contributed by atoms with E-state index in [1.807, 2.05) is 19.1 Å². The minimum atomic E-state index is -4.19. The van der Waals surface area contributed by atoms with Gasteiger partial charge in [-0.15, -0.1) is 0 Å². The van der Waals surface area contributed by atoms with Gasteiger partial charge >= 0.3 is 5.97 Å². The van der Waals surface area contributed by atoms with Crippen molar-refractivity contribution in [2.75, 3.05) is 12.4 Å². The van der Waals surface area contributed by atoms with Gasteiger partial charge in [0.1, 0.15) is 11.5 Å². The number of benzene rings is 2. The first-order chi connectivity index (χ1) is 23.8. The summed E-state index contributed by atoms with van der Waals surface area (Å²) < 4.78 is 65.6. The summed E-state index contributed by atoms with van der Waals surface area (Å²) in [6, 6.07) is 14.5. The standard InChI is InChI=1S/C38H39F2N5O4S/c1-21-6-16-27(17-7-21)50(47,48)45-20-29(28-18-26(39)19-41-36(28)45)34-43-33(24-12-14-25(15-13-24)38(2,3)4)31(40)35(44-34)42-32-23-10-8-22(9-11-23)30(32)37(46)49-5/h6-7,12-20,22-23,30,32H,8-11H2,1-5H3,(H,42,43,44). The van der Waals surface area contributed by atoms with Gasteiger partial charge in [-0.25, -0.2) is 36.1 Å². The molecule has 3 saturated carbocycles. The van der Waals surface area contributed by atoms with Gasteiger partial charge in [0.2, 0.25) is 0 Å². The second kappa shape index (κ2) is 12.6. The molecule has 0 saturated heterocycles. The lowest BCUT2D eigenvalue weighted by Crippen LogP contribution is -2.52. The molecule has 3 aliphatic carbocycles. The Labute approximate surface area is 290 Å². The first kappa shape index (κ1) is 33.8. The molecule has 2 aromatic carbocycles. The SMILES string of the molecule is COC(=O)C1C2CCC(CC2)C1Nc1nc(-c2cn(S(=O)(=O)c3ccc(C)cc3)c3ncc(F)cc23)nc(-c2ccc(C(C)(C)C)cc2)c1F. The van der Waals surface area contributed by atoms with Crippen LogP contribution in [0, 0.1) is 36.3 Å². The molecule has 9 nitrogen and oxygen atoms in total. The highest BCUT2D eigenvalue weighted by atomic mass is 32.2. The zero-order chi connectivity index (χ0) is 35.5. The van der Waals surface area contributed by atoms with Crippen LogP contribution in [0.5, 0.6) is 0 Å². The lowest BCUT2D eigenvalue weighted by Gasteiger charge is -2.47. The van der Waals surface area contributed by atoms with Gasteiger partial charge in [0.05, 0.1) is 24.1 Å². The van der Waals surface area contributed by atoms with Gasteiger partial charge < -0.3 is 10.1 Å². The Morgan fingerprint density at radius 2 is 1.62 bits per heavy atom. The van der Waals surface area contributed by atoms with Crippen LogP contribution in [0.2, 0.25) is 0 Å². The Hall–Kier alpha value is -4.71. The minimum absolute atomic E-state index is 0.0147. The van der Waals surface area contributed by atoms with Gasteiger partial charge in [0.25, 0.3) is 10.0 Å². The zero-order valence-electron chi connectivity index (χ0n) is 28.6. The Bertz CT molecular complexity index is 2210. The summed E-state index contributed by atoms with van der Waals surface area (Å²) in [5.41, 5.74) is 2.33. The molecule has 1 N–H and O–H groups in total. The molecular weight excluding hydrogens is 661 g/mol. The lowest BCUT2D eigenvalue weighted by molar-refractivity contribution is -0.152. The van der Waals surface area contributed by atoms with Crippen LogP contribution < -0.4 is 5.32 Å². The average molecular weight is 700 g/mol. The monoisotopic (exact) mass is 699 g/mol. The van der Waals surface area contributed by atoms with E-state index in [4.69, 9.17) is 4.74 Å². The van der Waals surface area contributed by atoms with Crippen molar-refractivity contribution in [3.05, 3.63) is 89.8 Å². The maximum absolute atomic E-state index is 16.7. The third-order valence-electron chi connectivity index (χ3n) is 10.3. The van der Waals surface area contributed by atoms with Crippen molar-refractivity contribution in [3.63, 3.8) is 0 Å². The molecule has 2 unspecified atom stereocenters. The van der Waals surface area contributed by atoms with Crippen LogP contribution in [0.3, 0.4) is 0 Å². The third kappa shape index (κ3) is 5.93. The van der Waals surface area contributed by atoms with E-state index in [0.717, 1.165) is 47.0 Å². The number of aryl methyl sites for hydroxylation is 1. The predicted octanol–water partition coefficient (Wildman–Crippen LogP) is 7.67. The van der Waals surface area contributed by atoms with Crippen LogP contribution in [-0.4, -0.2) is 46.5 Å². The molecule has 5 aromatic rings. The number of anilines is 1. The molecule has 8 rings (SSSR count). The molecule has 3 heterocycles. The molecule has 260 valence electrons. The highest BCUT2D eigenvalue weighted by Crippen LogP contribution is 2.47. The topological polar surface area (TPSA) is 116 Å². The molecule has 3 aromatic heterocycles. The summed E-state index contributed by atoms with van der Waals surface area (Å²) >= 11 is 0. The van der Waals surface area contributed by atoms with Crippen molar-refractivity contribution in [2.45, 2.75) is 69.7 Å². The largest absolute Gasteiger partial charge is 0.469 e. The summed E-state index contributed by atoms with van der Waals surface area (Å²) in [6.07, 6.45) is 5.78. The number of halogens is 2. The molecular formula is C38H39F2N5O4S. The number of esters is 1. The van der Waals surface area contributed by atoms with Crippen molar-refractivity contribution in [1.29, 1.82) is 0 Å². The van der Waals surface area contributed by atoms with Crippen molar-refractivity contribution in [3.8, 4) is 22.6 Å². The summed E-state index contributed by atoms with van der Waals surface area (Å²) in [6.45, 7) is 8.09. The second-order valence-electron chi connectivity index (χ2n) is 14.5. The Kier molecular flexibility index (Phi) is 8.48. The maximum Gasteiger partial charge on any atom is 0.311 e. The maximum atomic E-state index is 16.7. The van der Waals surface area contributed by atoms with E-state index in [1.54, 1.807) is 24.3 Å². The first-order valence-electron chi connectivity index (χ1n) is 16.8. The smallest absolute Gasteiger partial charge is 0.311 e. The van der Waals surface area contributed by atoms with Gasteiger partial charge in [-0.1, -0.05) is 62.7 Å². The van der Waals surface area contributed by atoms with Crippen molar-refractivity contribution >= 4 is 32.8 Å². The number of aromatic nitrogens is 4. The highest BCUT2D eigenvalue weighted by molar-refractivity contribution is 7.90. The highest BCUT2D eigenvalue weighted by Gasteiger charge is 2.48. The van der Waals surface area contributed by atoms with Crippen LogP contribution in [-0.2, 0) is 25.0 Å². The Morgan fingerprint density at radius 1 is 0.960 bits per heavy atom. The molecule has 3 fully saturated rings. The van der Waals surface area contributed by atoms with Crippen molar-refractivity contribution in [1.82, 2.24) is 18.9 Å². The number of hydrogen-bond acceptors (Lipinski definition) is 8. The summed E-state index contributed by atoms with van der Waals surface area (Å²) in [7, 11) is -2.84. The molecule has 0 aliphatic heterocycles. The molecule has 2 bridgehead atoms. The van der Waals surface area contributed by atoms with Gasteiger partial charge in [0.15, 0.2) is 23.1 Å². The number of rotatable bonds is 7. The summed E-state index contributed by atoms with van der Waals surface area (Å²) in [4.78, 5) is 26.5. The van der Waals surface area contributed by atoms with Crippen LogP contribution >= 0.6 is 0 Å². The van der Waals surface area contributed by atoms with Crippen LogP contribution in [0.25, 0.3) is 33.7 Å². The number of nitrogens with zero attached hydrogens (tertiary/aromatic N) is 4. The third-order valence-corrected chi connectivity index (χ3v) is 11.9. The predicted molar refractivity (Wildman–Crippen MR) is 187 cm³/mol. The van der Waals surface area contributed by atoms with E-state index in [1.165, 1.54) is 31.5 Å². The number of nitrogens with one attached hydrogen (secondary N) is 1. The lowest BCUT2D eigenvalue weighted by atomic mass is 9.61. The molecule has 12 heteroatoms. The van der Waals surface area contributed by atoms with Crippen LogP contribution in [0.15, 0.2) is 71.9 Å². The van der Waals surface area contributed by atoms with E-state index < -0.39 is 33.6 Å². The average Bonchev–Trinajstić information content (AvgIpc) is 3.48. The number of carbonyl (C=O) groups excluding carboxylic acids is 1. The molecule has 0 spiro atoms. The van der Waals surface area contributed by atoms with Gasteiger partial charge in [-0.05, 0) is 73.6 Å². The fourth-order valence-electron chi connectivity index (χ4n) is 7.51. The van der Waals surface area contributed by atoms with E-state index >= 15 is 4.39 Å². The molecule has 0 amide bonds. The Morgan fingerprint density at radius 3 is 2.26 bits per heavy atom. The normalized spacial score (nSPS) is 20.6. The minimum Gasteiger partial charge on any atom is -0.469 e. The quantitative estimate of drug-likeness (QED) is 0.172. The fourth-order valence-corrected chi connectivity index (χ4v) is 8.84. The molecule has 50 heavy (non-hydrogen) atoms. The summed E-state index contributed by atoms with van der Waals surface area (Å²) in [5, 5.41) is 3.42. The number of hydrogen-bond donors (Lipinski definition) is 1. The number of methoxy groups -OCH3 is 1. The van der Waals surface area contributed by atoms with E-state index in [-0.39, 0.29) is 62.0 Å². The second-order valence-corrected chi connectivity index (χ2v) is 16.3. The van der Waals surface area contributed by atoms with Gasteiger partial charge in [-0.3, -0.25) is 4.79 Å². The summed E-state index contributed by atoms with van der Waals surface area (Å²) in [5.74, 6) is -2.23. The van der Waals surface area contributed by atoms with Crippen LogP contribution in [0.4, 0.5) is 14.6 Å². The zero-order valence-corrected chi connectivity index (χ0v) is 29.4. The molecule has 3 aliphatic rings. The van der Waals surface area contributed by atoms with E-state index in [9.17, 15) is 17.6 Å². The number of ether oxygens (including phenoxy) is 1. The first-order valence-corrected chi connectivity index (χ1v) is 18.2. The number of carbonyl (C=O) groups is 1. The number of pyridine rings is 1. The van der Waals surface area contributed by atoms with Crippen molar-refractivity contribution in [2.24, 2.45) is 17.8 Å². The fraction of sp³-hybridized carbons (Fsp3) is 0.368. The van der Waals surface area contributed by atoms with E-state index in [0.29, 0.717) is 5.56 Å². The van der Waals surface area contributed by atoms with Crippen molar-refractivity contribution < 1.29 is 26.7 Å². The van der Waals surface area contributed by atoms with Crippen LogP contribution in [0.1, 0.15) is 57.6 Å². The molecule has 2 atom stereocenters.